The second kappa shape index (κ2) is 8.81. The average Bonchev–Trinajstić information content (AvgIpc) is 3.60. The number of amides is 1. The van der Waals surface area contributed by atoms with Crippen LogP contribution in [0.1, 0.15) is 47.6 Å². The van der Waals surface area contributed by atoms with E-state index in [0.717, 1.165) is 18.4 Å². The molecule has 4 heterocycles. The van der Waals surface area contributed by atoms with Crippen LogP contribution in [0.3, 0.4) is 0 Å². The lowest BCUT2D eigenvalue weighted by Gasteiger charge is -2.23. The number of ether oxygens (including phenoxy) is 1. The maximum Gasteiger partial charge on any atom is 0.256 e. The fourth-order valence-electron chi connectivity index (χ4n) is 4.07. The van der Waals surface area contributed by atoms with E-state index < -0.39 is 0 Å². The second-order valence-corrected chi connectivity index (χ2v) is 7.76. The van der Waals surface area contributed by atoms with Crippen molar-refractivity contribution in [1.29, 1.82) is 0 Å². The summed E-state index contributed by atoms with van der Waals surface area (Å²) < 4.78 is 11.3. The SMILES string of the molecule is CCOc1cnccc1-c1noc(C2CCCN2C(=O)c2cc(C)ccc2-n2nccn2)n1. The van der Waals surface area contributed by atoms with Gasteiger partial charge in [0.25, 0.3) is 5.91 Å². The second-order valence-electron chi connectivity index (χ2n) is 7.76. The Bertz CT molecular complexity index is 1270. The summed E-state index contributed by atoms with van der Waals surface area (Å²) in [4.78, 5) is 25.6. The first kappa shape index (κ1) is 20.8. The highest BCUT2D eigenvalue weighted by atomic mass is 16.5. The average molecular weight is 445 g/mol. The Balaban J connectivity index is 1.46. The zero-order valence-corrected chi connectivity index (χ0v) is 18.4. The van der Waals surface area contributed by atoms with Crippen LogP contribution in [0.15, 0.2) is 53.6 Å². The normalized spacial score (nSPS) is 15.7. The van der Waals surface area contributed by atoms with Gasteiger partial charge in [0.05, 0.1) is 42.0 Å². The van der Waals surface area contributed by atoms with Gasteiger partial charge in [0.1, 0.15) is 11.8 Å². The molecule has 10 heteroatoms. The Morgan fingerprint density at radius 3 is 2.88 bits per heavy atom. The van der Waals surface area contributed by atoms with Crippen LogP contribution in [0.4, 0.5) is 0 Å². The number of hydrogen-bond acceptors (Lipinski definition) is 8. The number of nitrogens with zero attached hydrogens (tertiary/aromatic N) is 7. The summed E-state index contributed by atoms with van der Waals surface area (Å²) in [5, 5.41) is 12.6. The summed E-state index contributed by atoms with van der Waals surface area (Å²) in [7, 11) is 0. The molecule has 0 N–H and O–H groups in total. The zero-order chi connectivity index (χ0) is 22.8. The molecule has 1 unspecified atom stereocenters. The van der Waals surface area contributed by atoms with E-state index in [2.05, 4.69) is 25.3 Å². The van der Waals surface area contributed by atoms with Crippen LogP contribution in [0.25, 0.3) is 17.1 Å². The molecule has 1 amide bonds. The summed E-state index contributed by atoms with van der Waals surface area (Å²) in [5.74, 6) is 1.28. The van der Waals surface area contributed by atoms with E-state index >= 15 is 0 Å². The van der Waals surface area contributed by atoms with Crippen LogP contribution in [-0.2, 0) is 0 Å². The van der Waals surface area contributed by atoms with Crippen molar-refractivity contribution < 1.29 is 14.1 Å². The van der Waals surface area contributed by atoms with Crippen molar-refractivity contribution in [2.75, 3.05) is 13.2 Å². The van der Waals surface area contributed by atoms with Crippen molar-refractivity contribution in [3.63, 3.8) is 0 Å². The third-order valence-corrected chi connectivity index (χ3v) is 5.58. The first-order valence-electron chi connectivity index (χ1n) is 10.8. The molecule has 3 aromatic heterocycles. The molecule has 33 heavy (non-hydrogen) atoms. The Hall–Kier alpha value is -4.08. The molecule has 0 radical (unpaired) electrons. The summed E-state index contributed by atoms with van der Waals surface area (Å²) >= 11 is 0. The molecular weight excluding hydrogens is 422 g/mol. The van der Waals surface area contributed by atoms with Crippen molar-refractivity contribution >= 4 is 5.91 Å². The number of likely N-dealkylation sites (tertiary alicyclic amines) is 1. The summed E-state index contributed by atoms with van der Waals surface area (Å²) in [6.07, 6.45) is 8.04. The van der Waals surface area contributed by atoms with E-state index in [1.54, 1.807) is 35.8 Å². The molecule has 0 spiro atoms. The third kappa shape index (κ3) is 3.95. The molecular formula is C23H23N7O3. The minimum Gasteiger partial charge on any atom is -0.491 e. The number of aryl methyl sites for hydroxylation is 1. The van der Waals surface area contributed by atoms with Gasteiger partial charge in [-0.2, -0.15) is 20.0 Å². The number of carbonyl (C=O) groups is 1. The first-order valence-corrected chi connectivity index (χ1v) is 10.8. The Labute approximate surface area is 190 Å². The quantitative estimate of drug-likeness (QED) is 0.444. The van der Waals surface area contributed by atoms with Crippen molar-refractivity contribution in [3.8, 4) is 22.8 Å². The van der Waals surface area contributed by atoms with E-state index in [1.165, 1.54) is 4.80 Å². The molecule has 5 rings (SSSR count). The number of benzene rings is 1. The van der Waals surface area contributed by atoms with Crippen molar-refractivity contribution in [1.82, 2.24) is 35.0 Å². The molecule has 0 bridgehead atoms. The summed E-state index contributed by atoms with van der Waals surface area (Å²) in [6.45, 7) is 4.95. The molecule has 10 nitrogen and oxygen atoms in total. The smallest absolute Gasteiger partial charge is 0.256 e. The van der Waals surface area contributed by atoms with E-state index in [9.17, 15) is 4.79 Å². The predicted molar refractivity (Wildman–Crippen MR) is 118 cm³/mol. The van der Waals surface area contributed by atoms with E-state index in [0.29, 0.717) is 47.4 Å². The molecule has 0 aliphatic carbocycles. The van der Waals surface area contributed by atoms with Crippen molar-refractivity contribution in [2.24, 2.45) is 0 Å². The van der Waals surface area contributed by atoms with Gasteiger partial charge in [0, 0.05) is 12.7 Å². The Morgan fingerprint density at radius 2 is 2.06 bits per heavy atom. The number of hydrogen-bond donors (Lipinski definition) is 0. The molecule has 1 atom stereocenters. The molecule has 1 aliphatic heterocycles. The van der Waals surface area contributed by atoms with Crippen molar-refractivity contribution in [3.05, 3.63) is 66.1 Å². The highest BCUT2D eigenvalue weighted by Gasteiger charge is 2.36. The van der Waals surface area contributed by atoms with Crippen molar-refractivity contribution in [2.45, 2.75) is 32.7 Å². The zero-order valence-electron chi connectivity index (χ0n) is 18.4. The lowest BCUT2D eigenvalue weighted by atomic mass is 10.1. The fourth-order valence-corrected chi connectivity index (χ4v) is 4.07. The monoisotopic (exact) mass is 445 g/mol. The summed E-state index contributed by atoms with van der Waals surface area (Å²) in [5.41, 5.74) is 2.84. The lowest BCUT2D eigenvalue weighted by molar-refractivity contribution is 0.0709. The van der Waals surface area contributed by atoms with Gasteiger partial charge in [-0.15, -0.1) is 0 Å². The van der Waals surface area contributed by atoms with Gasteiger partial charge in [0.2, 0.25) is 11.7 Å². The molecule has 168 valence electrons. The first-order chi connectivity index (χ1) is 16.2. The minimum absolute atomic E-state index is 0.118. The van der Waals surface area contributed by atoms with Crippen LogP contribution in [0, 0.1) is 6.92 Å². The highest BCUT2D eigenvalue weighted by molar-refractivity contribution is 5.98. The number of rotatable bonds is 6. The number of aromatic nitrogens is 6. The van der Waals surface area contributed by atoms with Gasteiger partial charge in [0.15, 0.2) is 0 Å². The highest BCUT2D eigenvalue weighted by Crippen LogP contribution is 2.35. The molecule has 1 fully saturated rings. The van der Waals surface area contributed by atoms with E-state index in [-0.39, 0.29) is 11.9 Å². The van der Waals surface area contributed by atoms with Gasteiger partial charge >= 0.3 is 0 Å². The van der Waals surface area contributed by atoms with Crippen LogP contribution in [-0.4, -0.2) is 54.1 Å². The van der Waals surface area contributed by atoms with Crippen LogP contribution < -0.4 is 4.74 Å². The number of pyridine rings is 1. The van der Waals surface area contributed by atoms with Crippen LogP contribution >= 0.6 is 0 Å². The fraction of sp³-hybridized carbons (Fsp3) is 0.304. The largest absolute Gasteiger partial charge is 0.491 e. The standard InChI is InChI=1S/C23H23N7O3/c1-3-32-20-14-24-9-8-16(20)21-27-22(33-28-21)19-5-4-12-29(19)23(31)17-13-15(2)6-7-18(17)30-25-10-11-26-30/h6-11,13-14,19H,3-5,12H2,1-2H3. The Morgan fingerprint density at radius 1 is 1.21 bits per heavy atom. The number of carbonyl (C=O) groups excluding carboxylic acids is 1. The van der Waals surface area contributed by atoms with Crippen LogP contribution in [0.2, 0.25) is 0 Å². The molecule has 4 aromatic rings. The predicted octanol–water partition coefficient (Wildman–Crippen LogP) is 3.40. The van der Waals surface area contributed by atoms with Gasteiger partial charge in [-0.3, -0.25) is 9.78 Å². The maximum absolute atomic E-state index is 13.7. The van der Waals surface area contributed by atoms with E-state index in [1.807, 2.05) is 32.0 Å². The molecule has 1 aliphatic rings. The molecule has 1 saturated heterocycles. The van der Waals surface area contributed by atoms with Gasteiger partial charge in [-0.1, -0.05) is 16.8 Å². The molecule has 0 saturated carbocycles. The van der Waals surface area contributed by atoms with Gasteiger partial charge in [-0.25, -0.2) is 0 Å². The van der Waals surface area contributed by atoms with Gasteiger partial charge in [-0.05, 0) is 44.9 Å². The molecule has 1 aromatic carbocycles. The maximum atomic E-state index is 13.7. The van der Waals surface area contributed by atoms with E-state index in [4.69, 9.17) is 9.26 Å². The summed E-state index contributed by atoms with van der Waals surface area (Å²) in [6, 6.07) is 7.13. The van der Waals surface area contributed by atoms with Gasteiger partial charge < -0.3 is 14.2 Å². The lowest BCUT2D eigenvalue weighted by Crippen LogP contribution is -2.31. The third-order valence-electron chi connectivity index (χ3n) is 5.58. The Kier molecular flexibility index (Phi) is 5.55. The topological polar surface area (TPSA) is 112 Å². The minimum atomic E-state index is -0.310. The van der Waals surface area contributed by atoms with Crippen LogP contribution in [0.5, 0.6) is 5.75 Å².